The molecule has 2 amide bonds. The topological polar surface area (TPSA) is 58.6 Å². The molecule has 2 bridgehead atoms. The third-order valence-corrected chi connectivity index (χ3v) is 7.72. The molecule has 5 nitrogen and oxygen atoms in total. The zero-order valence-corrected chi connectivity index (χ0v) is 16.7. The molecular formula is C23H30N2O3. The molecule has 1 aromatic rings. The maximum absolute atomic E-state index is 13.4. The van der Waals surface area contributed by atoms with Crippen molar-refractivity contribution < 1.29 is 14.3 Å². The number of hydrogen-bond donors (Lipinski definition) is 1. The number of benzene rings is 1. The molecular weight excluding hydrogens is 352 g/mol. The molecule has 2 heterocycles. The zero-order valence-electron chi connectivity index (χ0n) is 16.7. The van der Waals surface area contributed by atoms with E-state index in [0.29, 0.717) is 17.2 Å². The summed E-state index contributed by atoms with van der Waals surface area (Å²) in [6.07, 6.45) is 8.28. The normalized spacial score (nSPS) is 37.0. The van der Waals surface area contributed by atoms with E-state index in [-0.39, 0.29) is 23.2 Å². The predicted molar refractivity (Wildman–Crippen MR) is 106 cm³/mol. The molecule has 0 radical (unpaired) electrons. The van der Waals surface area contributed by atoms with Crippen LogP contribution in [0.15, 0.2) is 24.3 Å². The van der Waals surface area contributed by atoms with Crippen LogP contribution in [0.1, 0.15) is 68.6 Å². The van der Waals surface area contributed by atoms with Crippen molar-refractivity contribution in [2.24, 2.45) is 17.3 Å². The number of rotatable bonds is 1. The zero-order chi connectivity index (χ0) is 19.4. The van der Waals surface area contributed by atoms with Gasteiger partial charge in [-0.25, -0.2) is 0 Å². The van der Waals surface area contributed by atoms with Gasteiger partial charge in [0, 0.05) is 31.3 Å². The van der Waals surface area contributed by atoms with E-state index < -0.39 is 5.72 Å². The summed E-state index contributed by atoms with van der Waals surface area (Å²) in [5.41, 5.74) is -0.178. The summed E-state index contributed by atoms with van der Waals surface area (Å²) in [5.74, 6) is 1.21. The number of amides is 2. The largest absolute Gasteiger partial charge is 0.467 e. The van der Waals surface area contributed by atoms with Crippen molar-refractivity contribution in [2.75, 3.05) is 13.1 Å². The number of hydrogen-bond acceptors (Lipinski definition) is 3. The average molecular weight is 383 g/mol. The summed E-state index contributed by atoms with van der Waals surface area (Å²) in [6, 6.07) is 7.48. The van der Waals surface area contributed by atoms with Crippen molar-refractivity contribution >= 4 is 11.8 Å². The second-order valence-electron chi connectivity index (χ2n) is 9.54. The first kappa shape index (κ1) is 18.0. The van der Waals surface area contributed by atoms with E-state index in [9.17, 15) is 9.59 Å². The molecule has 1 aromatic carbocycles. The van der Waals surface area contributed by atoms with Gasteiger partial charge in [-0.3, -0.25) is 9.59 Å². The smallest absolute Gasteiger partial charge is 0.258 e. The van der Waals surface area contributed by atoms with Crippen LogP contribution in [0, 0.1) is 17.3 Å². The van der Waals surface area contributed by atoms with Gasteiger partial charge in [-0.2, -0.15) is 0 Å². The van der Waals surface area contributed by atoms with Gasteiger partial charge in [0.15, 0.2) is 5.72 Å². The lowest BCUT2D eigenvalue weighted by Crippen LogP contribution is -2.69. The Morgan fingerprint density at radius 1 is 1.18 bits per heavy atom. The second-order valence-corrected chi connectivity index (χ2v) is 9.54. The number of nitrogens with zero attached hydrogens (tertiary/aromatic N) is 1. The van der Waals surface area contributed by atoms with Gasteiger partial charge in [0.25, 0.3) is 5.91 Å². The van der Waals surface area contributed by atoms with Crippen LogP contribution in [0.5, 0.6) is 5.75 Å². The van der Waals surface area contributed by atoms with Gasteiger partial charge < -0.3 is 15.0 Å². The molecule has 0 aromatic heterocycles. The first-order valence-corrected chi connectivity index (χ1v) is 10.9. The monoisotopic (exact) mass is 382 g/mol. The lowest BCUT2D eigenvalue weighted by molar-refractivity contribution is -0.174. The number of fused-ring (bicyclic) bond motifs is 3. The highest BCUT2D eigenvalue weighted by molar-refractivity contribution is 5.98. The fourth-order valence-corrected chi connectivity index (χ4v) is 6.14. The molecule has 28 heavy (non-hydrogen) atoms. The first-order chi connectivity index (χ1) is 13.5. The van der Waals surface area contributed by atoms with Gasteiger partial charge in [0.1, 0.15) is 5.75 Å². The summed E-state index contributed by atoms with van der Waals surface area (Å²) >= 11 is 0. The number of carbonyl (C=O) groups excluding carboxylic acids is 2. The molecule has 5 heteroatoms. The Hall–Kier alpha value is -2.04. The summed E-state index contributed by atoms with van der Waals surface area (Å²) in [4.78, 5) is 28.3. The van der Waals surface area contributed by atoms with E-state index in [1.54, 1.807) is 0 Å². The number of para-hydroxylation sites is 1. The highest BCUT2D eigenvalue weighted by atomic mass is 16.5. The first-order valence-electron chi connectivity index (χ1n) is 10.9. The number of carbonyl (C=O) groups is 2. The maximum atomic E-state index is 13.4. The van der Waals surface area contributed by atoms with Gasteiger partial charge in [0.2, 0.25) is 5.91 Å². The van der Waals surface area contributed by atoms with Crippen LogP contribution in [-0.4, -0.2) is 35.5 Å². The lowest BCUT2D eigenvalue weighted by atomic mass is 9.52. The van der Waals surface area contributed by atoms with Crippen LogP contribution >= 0.6 is 0 Å². The minimum atomic E-state index is -0.659. The van der Waals surface area contributed by atoms with Crippen LogP contribution < -0.4 is 10.1 Å². The van der Waals surface area contributed by atoms with E-state index in [4.69, 9.17) is 4.74 Å². The molecule has 5 aliphatic rings. The van der Waals surface area contributed by atoms with Crippen molar-refractivity contribution in [3.8, 4) is 5.75 Å². The molecule has 3 saturated carbocycles. The van der Waals surface area contributed by atoms with Crippen LogP contribution in [-0.2, 0) is 4.79 Å². The molecule has 1 saturated heterocycles. The highest BCUT2D eigenvalue weighted by Gasteiger charge is 2.62. The van der Waals surface area contributed by atoms with Gasteiger partial charge in [-0.05, 0) is 49.7 Å². The molecule has 1 N–H and O–H groups in total. The minimum absolute atomic E-state index is 0.0478. The fourth-order valence-electron chi connectivity index (χ4n) is 6.14. The van der Waals surface area contributed by atoms with E-state index in [1.807, 2.05) is 24.3 Å². The van der Waals surface area contributed by atoms with Crippen molar-refractivity contribution in [2.45, 2.75) is 64.0 Å². The van der Waals surface area contributed by atoms with Gasteiger partial charge in [-0.15, -0.1) is 0 Å². The molecule has 150 valence electrons. The van der Waals surface area contributed by atoms with Gasteiger partial charge in [0.05, 0.1) is 5.56 Å². The van der Waals surface area contributed by atoms with E-state index >= 15 is 0 Å². The average Bonchev–Trinajstić information content (AvgIpc) is 2.96. The lowest BCUT2D eigenvalue weighted by Gasteiger charge is -2.60. The molecule has 6 rings (SSSR count). The van der Waals surface area contributed by atoms with Gasteiger partial charge in [-0.1, -0.05) is 31.9 Å². The number of nitrogens with one attached hydrogen (secondary N) is 1. The standard InChI is InChI=1S/C23H30N2O3/c1-22-11-10-16(14-18(22)21(27)25-12-6-2-3-7-13-25)23(15-22)24-20(26)17-8-4-5-9-19(17)28-23/h4-5,8-9,16,18H,2-3,6-7,10-15H2,1H3,(H,24,26). The summed E-state index contributed by atoms with van der Waals surface area (Å²) in [5, 5.41) is 3.21. The summed E-state index contributed by atoms with van der Waals surface area (Å²) in [7, 11) is 0. The molecule has 2 aliphatic heterocycles. The molecule has 4 unspecified atom stereocenters. The molecule has 1 spiro atoms. The minimum Gasteiger partial charge on any atom is -0.467 e. The SMILES string of the molecule is CC12CCC(CC1C(=O)N1CCCCCC1)C1(C2)NC(=O)c2ccccc2O1. The van der Waals surface area contributed by atoms with E-state index in [1.165, 1.54) is 12.8 Å². The van der Waals surface area contributed by atoms with Crippen molar-refractivity contribution in [1.82, 2.24) is 10.2 Å². The number of likely N-dealkylation sites (tertiary alicyclic amines) is 1. The Balaban J connectivity index is 1.41. The Kier molecular flexibility index (Phi) is 4.18. The fraction of sp³-hybridized carbons (Fsp3) is 0.652. The second kappa shape index (κ2) is 6.50. The maximum Gasteiger partial charge on any atom is 0.258 e. The third kappa shape index (κ3) is 2.73. The van der Waals surface area contributed by atoms with Gasteiger partial charge >= 0.3 is 0 Å². The Morgan fingerprint density at radius 3 is 2.68 bits per heavy atom. The van der Waals surface area contributed by atoms with Crippen LogP contribution in [0.2, 0.25) is 0 Å². The Morgan fingerprint density at radius 2 is 1.93 bits per heavy atom. The summed E-state index contributed by atoms with van der Waals surface area (Å²) in [6.45, 7) is 4.05. The molecule has 3 aliphatic carbocycles. The number of ether oxygens (including phenoxy) is 1. The van der Waals surface area contributed by atoms with Crippen molar-refractivity contribution in [3.63, 3.8) is 0 Å². The quantitative estimate of drug-likeness (QED) is 0.805. The Bertz CT molecular complexity index is 801. The van der Waals surface area contributed by atoms with Crippen LogP contribution in [0.25, 0.3) is 0 Å². The van der Waals surface area contributed by atoms with E-state index in [0.717, 1.165) is 51.6 Å². The predicted octanol–water partition coefficient (Wildman–Crippen LogP) is 3.73. The summed E-state index contributed by atoms with van der Waals surface area (Å²) < 4.78 is 6.47. The van der Waals surface area contributed by atoms with Crippen LogP contribution in [0.3, 0.4) is 0 Å². The third-order valence-electron chi connectivity index (χ3n) is 7.72. The highest BCUT2D eigenvalue weighted by Crippen LogP contribution is 2.59. The van der Waals surface area contributed by atoms with Crippen molar-refractivity contribution in [1.29, 1.82) is 0 Å². The Labute approximate surface area is 166 Å². The van der Waals surface area contributed by atoms with E-state index in [2.05, 4.69) is 17.1 Å². The van der Waals surface area contributed by atoms with Crippen molar-refractivity contribution in [3.05, 3.63) is 29.8 Å². The molecule has 4 atom stereocenters. The van der Waals surface area contributed by atoms with Crippen LogP contribution in [0.4, 0.5) is 0 Å². The molecule has 4 fully saturated rings.